The molecule has 0 aromatic heterocycles. The molecule has 136 valence electrons. The first-order valence-electron chi connectivity index (χ1n) is 8.17. The van der Waals surface area contributed by atoms with E-state index in [1.54, 1.807) is 18.2 Å². The van der Waals surface area contributed by atoms with Crippen molar-refractivity contribution in [3.05, 3.63) is 30.1 Å². The van der Waals surface area contributed by atoms with Gasteiger partial charge in [0.1, 0.15) is 0 Å². The van der Waals surface area contributed by atoms with E-state index in [1.165, 1.54) is 6.07 Å². The van der Waals surface area contributed by atoms with E-state index in [-0.39, 0.29) is 43.2 Å². The normalized spacial score (nSPS) is 15.0. The van der Waals surface area contributed by atoms with Gasteiger partial charge in [0.2, 0.25) is 5.91 Å². The van der Waals surface area contributed by atoms with Gasteiger partial charge >= 0.3 is 0 Å². The van der Waals surface area contributed by atoms with Crippen LogP contribution in [0, 0.1) is 5.82 Å². The molecule has 1 aliphatic rings. The predicted molar refractivity (Wildman–Crippen MR) is 93.0 cm³/mol. The number of hydrogen-bond acceptors (Lipinski definition) is 4. The van der Waals surface area contributed by atoms with Crippen LogP contribution >= 0.6 is 12.4 Å². The highest BCUT2D eigenvalue weighted by atomic mass is 35.5. The van der Waals surface area contributed by atoms with E-state index < -0.39 is 5.82 Å². The van der Waals surface area contributed by atoms with Crippen molar-refractivity contribution in [3.63, 3.8) is 0 Å². The van der Waals surface area contributed by atoms with Gasteiger partial charge < -0.3 is 20.1 Å². The van der Waals surface area contributed by atoms with Crippen molar-refractivity contribution in [2.75, 3.05) is 32.8 Å². The number of carbonyl (C=O) groups excluding carboxylic acids is 1. The van der Waals surface area contributed by atoms with Crippen molar-refractivity contribution >= 4 is 18.3 Å². The quantitative estimate of drug-likeness (QED) is 0.723. The minimum Gasteiger partial charge on any atom is -0.490 e. The van der Waals surface area contributed by atoms with Crippen LogP contribution in [0.25, 0.3) is 0 Å². The first-order chi connectivity index (χ1) is 11.2. The third kappa shape index (κ3) is 6.63. The summed E-state index contributed by atoms with van der Waals surface area (Å²) in [6.07, 6.45) is 3.05. The summed E-state index contributed by atoms with van der Waals surface area (Å²) >= 11 is 0. The highest BCUT2D eigenvalue weighted by Gasteiger charge is 2.22. The van der Waals surface area contributed by atoms with Gasteiger partial charge in [-0.05, 0) is 37.9 Å². The molecule has 0 aliphatic carbocycles. The number of nitrogens with two attached hydrogens (primary N) is 1. The van der Waals surface area contributed by atoms with Gasteiger partial charge in [0.25, 0.3) is 0 Å². The van der Waals surface area contributed by atoms with E-state index in [4.69, 9.17) is 15.2 Å². The van der Waals surface area contributed by atoms with E-state index in [9.17, 15) is 9.18 Å². The van der Waals surface area contributed by atoms with Gasteiger partial charge in [-0.15, -0.1) is 12.4 Å². The molecule has 0 spiro atoms. The minimum atomic E-state index is -0.407. The number of rotatable bonds is 8. The third-order valence-corrected chi connectivity index (χ3v) is 3.91. The number of likely N-dealkylation sites (tertiary alicyclic amines) is 1. The van der Waals surface area contributed by atoms with E-state index in [0.29, 0.717) is 26.2 Å². The molecular weight excluding hydrogens is 335 g/mol. The molecule has 24 heavy (non-hydrogen) atoms. The lowest BCUT2D eigenvalue weighted by Gasteiger charge is -2.32. The van der Waals surface area contributed by atoms with Crippen LogP contribution in [0.4, 0.5) is 4.39 Å². The second kappa shape index (κ2) is 11.2. The summed E-state index contributed by atoms with van der Waals surface area (Å²) in [4.78, 5) is 14.0. The van der Waals surface area contributed by atoms with Crippen molar-refractivity contribution in [2.45, 2.75) is 31.8 Å². The molecular formula is C17H26ClFN2O3. The molecule has 2 rings (SSSR count). The van der Waals surface area contributed by atoms with E-state index in [1.807, 2.05) is 4.90 Å². The second-order valence-electron chi connectivity index (χ2n) is 5.62. The van der Waals surface area contributed by atoms with Gasteiger partial charge in [-0.1, -0.05) is 12.1 Å². The molecule has 0 atom stereocenters. The highest BCUT2D eigenvalue weighted by molar-refractivity contribution is 5.85. The number of hydrogen-bond donors (Lipinski definition) is 1. The van der Waals surface area contributed by atoms with Gasteiger partial charge in [0, 0.05) is 19.7 Å². The Balaban J connectivity index is 0.00000288. The van der Waals surface area contributed by atoms with Crippen molar-refractivity contribution in [3.8, 4) is 5.75 Å². The van der Waals surface area contributed by atoms with Crippen LogP contribution < -0.4 is 10.5 Å². The zero-order chi connectivity index (χ0) is 16.5. The molecule has 1 aromatic carbocycles. The lowest BCUT2D eigenvalue weighted by Crippen LogP contribution is -2.41. The zero-order valence-corrected chi connectivity index (χ0v) is 14.6. The van der Waals surface area contributed by atoms with Gasteiger partial charge in [0.15, 0.2) is 11.6 Å². The van der Waals surface area contributed by atoms with Gasteiger partial charge in [0.05, 0.1) is 19.1 Å². The standard InChI is InChI=1S/C17H25FN2O3.ClH/c18-15-4-1-2-5-16(15)23-13-8-17(21)20-10-6-14(7-11-20)22-12-3-9-19;/h1-2,4-5,14H,3,6-13,19H2;1H. The molecule has 0 saturated carbocycles. The first-order valence-corrected chi connectivity index (χ1v) is 8.17. The van der Waals surface area contributed by atoms with E-state index >= 15 is 0 Å². The number of carbonyl (C=O) groups is 1. The van der Waals surface area contributed by atoms with Crippen molar-refractivity contribution < 1.29 is 18.7 Å². The van der Waals surface area contributed by atoms with Gasteiger partial charge in [-0.3, -0.25) is 4.79 Å². The smallest absolute Gasteiger partial charge is 0.226 e. The lowest BCUT2D eigenvalue weighted by atomic mass is 10.1. The highest BCUT2D eigenvalue weighted by Crippen LogP contribution is 2.17. The van der Waals surface area contributed by atoms with Crippen LogP contribution in [0.2, 0.25) is 0 Å². The van der Waals surface area contributed by atoms with E-state index in [0.717, 1.165) is 19.3 Å². The Morgan fingerprint density at radius 1 is 1.25 bits per heavy atom. The number of amides is 1. The molecule has 1 aliphatic heterocycles. The molecule has 0 radical (unpaired) electrons. The summed E-state index contributed by atoms with van der Waals surface area (Å²) in [5, 5.41) is 0. The topological polar surface area (TPSA) is 64.8 Å². The van der Waals surface area contributed by atoms with Crippen LogP contribution in [-0.2, 0) is 9.53 Å². The Morgan fingerprint density at radius 2 is 1.96 bits per heavy atom. The van der Waals surface area contributed by atoms with Crippen molar-refractivity contribution in [1.82, 2.24) is 4.90 Å². The van der Waals surface area contributed by atoms with Crippen LogP contribution in [0.1, 0.15) is 25.7 Å². The average molecular weight is 361 g/mol. The number of nitrogens with zero attached hydrogens (tertiary/aromatic N) is 1. The molecule has 1 fully saturated rings. The van der Waals surface area contributed by atoms with Crippen LogP contribution in [0.15, 0.2) is 24.3 Å². The Labute approximate surface area is 148 Å². The molecule has 1 heterocycles. The molecule has 2 N–H and O–H groups in total. The Kier molecular flexibility index (Phi) is 9.67. The SMILES string of the molecule is Cl.NCCCOC1CCN(C(=O)CCOc2ccccc2F)CC1. The number of para-hydroxylation sites is 1. The summed E-state index contributed by atoms with van der Waals surface area (Å²) in [6, 6.07) is 6.21. The largest absolute Gasteiger partial charge is 0.490 e. The van der Waals surface area contributed by atoms with Crippen LogP contribution in [0.5, 0.6) is 5.75 Å². The number of piperidine rings is 1. The molecule has 0 bridgehead atoms. The summed E-state index contributed by atoms with van der Waals surface area (Å²) in [6.45, 7) is 2.91. The van der Waals surface area contributed by atoms with Crippen LogP contribution in [-0.4, -0.2) is 49.8 Å². The maximum atomic E-state index is 13.4. The summed E-state index contributed by atoms with van der Waals surface area (Å²) in [5.74, 6) is -0.176. The lowest BCUT2D eigenvalue weighted by molar-refractivity contribution is -0.134. The predicted octanol–water partition coefficient (Wildman–Crippen LogP) is 2.37. The van der Waals surface area contributed by atoms with Crippen LogP contribution in [0.3, 0.4) is 0 Å². The number of benzene rings is 1. The fourth-order valence-corrected chi connectivity index (χ4v) is 2.57. The van der Waals surface area contributed by atoms with Crippen molar-refractivity contribution in [2.24, 2.45) is 5.73 Å². The zero-order valence-electron chi connectivity index (χ0n) is 13.8. The minimum absolute atomic E-state index is 0. The molecule has 1 amide bonds. The Morgan fingerprint density at radius 3 is 2.62 bits per heavy atom. The molecule has 0 unspecified atom stereocenters. The first kappa shape index (κ1) is 20.7. The summed E-state index contributed by atoms with van der Waals surface area (Å²) < 4.78 is 24.4. The maximum Gasteiger partial charge on any atom is 0.226 e. The maximum absolute atomic E-state index is 13.4. The van der Waals surface area contributed by atoms with Gasteiger partial charge in [-0.25, -0.2) is 4.39 Å². The van der Waals surface area contributed by atoms with Gasteiger partial charge in [-0.2, -0.15) is 0 Å². The summed E-state index contributed by atoms with van der Waals surface area (Å²) in [5.41, 5.74) is 5.44. The van der Waals surface area contributed by atoms with Crippen molar-refractivity contribution in [1.29, 1.82) is 0 Å². The molecule has 1 aromatic rings. The van der Waals surface area contributed by atoms with E-state index in [2.05, 4.69) is 0 Å². The Bertz CT molecular complexity index is 496. The molecule has 7 heteroatoms. The number of halogens is 2. The Hall–Kier alpha value is -1.37. The molecule has 5 nitrogen and oxygen atoms in total. The fraction of sp³-hybridized carbons (Fsp3) is 0.588. The second-order valence-corrected chi connectivity index (χ2v) is 5.62. The fourth-order valence-electron chi connectivity index (χ4n) is 2.57. The molecule has 1 saturated heterocycles. The summed E-state index contributed by atoms with van der Waals surface area (Å²) in [7, 11) is 0. The third-order valence-electron chi connectivity index (χ3n) is 3.91. The average Bonchev–Trinajstić information content (AvgIpc) is 2.57. The monoisotopic (exact) mass is 360 g/mol. The number of ether oxygens (including phenoxy) is 2.